The van der Waals surface area contributed by atoms with Gasteiger partial charge in [0.1, 0.15) is 11.5 Å². The zero-order valence-electron chi connectivity index (χ0n) is 11.2. The molecule has 1 aromatic heterocycles. The lowest BCUT2D eigenvalue weighted by molar-refractivity contribution is 0.324. The quantitative estimate of drug-likeness (QED) is 0.861. The zero-order valence-corrected chi connectivity index (χ0v) is 11.2. The molecule has 1 aliphatic heterocycles. The van der Waals surface area contributed by atoms with Gasteiger partial charge in [0.15, 0.2) is 0 Å². The van der Waals surface area contributed by atoms with E-state index < -0.39 is 0 Å². The van der Waals surface area contributed by atoms with Crippen molar-refractivity contribution in [3.8, 4) is 0 Å². The second kappa shape index (κ2) is 5.87. The lowest BCUT2D eigenvalue weighted by Crippen LogP contribution is -2.12. The molecule has 0 amide bonds. The molecule has 3 heteroatoms. The first-order valence-corrected chi connectivity index (χ1v) is 7.63. The molecule has 100 valence electrons. The number of rotatable bonds is 2. The molecule has 1 N–H and O–H groups in total. The maximum absolute atomic E-state index is 5.62. The molecule has 3 nitrogen and oxygen atoms in total. The maximum atomic E-state index is 5.62. The van der Waals surface area contributed by atoms with E-state index in [0.29, 0.717) is 12.0 Å². The van der Waals surface area contributed by atoms with Crippen LogP contribution in [0.25, 0.3) is 0 Å². The van der Waals surface area contributed by atoms with Crippen molar-refractivity contribution in [3.63, 3.8) is 0 Å². The molecule has 1 saturated heterocycles. The molecule has 1 atom stereocenters. The molecule has 2 heterocycles. The van der Waals surface area contributed by atoms with Crippen LogP contribution in [0.4, 0.5) is 0 Å². The topological polar surface area (TPSA) is 38.1 Å². The lowest BCUT2D eigenvalue weighted by Gasteiger charge is -2.16. The van der Waals surface area contributed by atoms with Crippen LogP contribution in [0.5, 0.6) is 0 Å². The normalized spacial score (nSPS) is 27.0. The number of nitrogens with zero attached hydrogens (tertiary/aromatic N) is 1. The van der Waals surface area contributed by atoms with Crippen LogP contribution in [0.2, 0.25) is 0 Å². The number of hydrogen-bond donors (Lipinski definition) is 1. The van der Waals surface area contributed by atoms with Crippen LogP contribution in [0.15, 0.2) is 10.6 Å². The molecule has 3 rings (SSSR count). The highest BCUT2D eigenvalue weighted by Crippen LogP contribution is 2.33. The van der Waals surface area contributed by atoms with Gasteiger partial charge in [-0.1, -0.05) is 37.3 Å². The highest BCUT2D eigenvalue weighted by molar-refractivity contribution is 5.14. The van der Waals surface area contributed by atoms with Crippen LogP contribution in [-0.2, 0) is 0 Å². The van der Waals surface area contributed by atoms with Crippen molar-refractivity contribution >= 4 is 0 Å². The van der Waals surface area contributed by atoms with Crippen molar-refractivity contribution in [2.75, 3.05) is 6.54 Å². The van der Waals surface area contributed by atoms with Crippen molar-refractivity contribution < 1.29 is 4.52 Å². The van der Waals surface area contributed by atoms with E-state index in [0.717, 1.165) is 18.0 Å². The molecule has 0 spiro atoms. The van der Waals surface area contributed by atoms with Gasteiger partial charge in [-0.2, -0.15) is 0 Å². The number of hydrogen-bond acceptors (Lipinski definition) is 3. The third-order valence-corrected chi connectivity index (χ3v) is 4.47. The van der Waals surface area contributed by atoms with E-state index in [4.69, 9.17) is 4.52 Å². The largest absolute Gasteiger partial charge is 0.361 e. The average molecular weight is 248 g/mol. The van der Waals surface area contributed by atoms with E-state index in [1.54, 1.807) is 0 Å². The molecule has 0 radical (unpaired) electrons. The highest BCUT2D eigenvalue weighted by atomic mass is 16.5. The third-order valence-electron chi connectivity index (χ3n) is 4.47. The first-order valence-electron chi connectivity index (χ1n) is 7.63. The fourth-order valence-corrected chi connectivity index (χ4v) is 3.34. The summed E-state index contributed by atoms with van der Waals surface area (Å²) in [5.41, 5.74) is 1.13. The van der Waals surface area contributed by atoms with E-state index in [1.807, 2.05) is 0 Å². The summed E-state index contributed by atoms with van der Waals surface area (Å²) in [5.74, 6) is 1.76. The van der Waals surface area contributed by atoms with Gasteiger partial charge < -0.3 is 9.84 Å². The summed E-state index contributed by atoms with van der Waals surface area (Å²) in [4.78, 5) is 0. The minimum absolute atomic E-state index is 0.441. The number of nitrogens with one attached hydrogen (secondary N) is 1. The minimum atomic E-state index is 0.441. The van der Waals surface area contributed by atoms with Gasteiger partial charge in [0.05, 0.1) is 6.04 Å². The average Bonchev–Trinajstić information content (AvgIpc) is 2.98. The van der Waals surface area contributed by atoms with Gasteiger partial charge in [-0.25, -0.2) is 0 Å². The molecular weight excluding hydrogens is 224 g/mol. The fourth-order valence-electron chi connectivity index (χ4n) is 3.34. The number of aromatic nitrogens is 1. The summed E-state index contributed by atoms with van der Waals surface area (Å²) >= 11 is 0. The SMILES string of the molecule is c1c([C@@H]2CCCN2)noc1C1CCCCCCC1. The van der Waals surface area contributed by atoms with Crippen LogP contribution in [-0.4, -0.2) is 11.7 Å². The summed E-state index contributed by atoms with van der Waals surface area (Å²) in [6.07, 6.45) is 11.9. The van der Waals surface area contributed by atoms with Gasteiger partial charge in [0.25, 0.3) is 0 Å². The molecule has 0 aromatic carbocycles. The molecule has 1 saturated carbocycles. The Morgan fingerprint density at radius 3 is 2.50 bits per heavy atom. The second-order valence-electron chi connectivity index (χ2n) is 5.85. The van der Waals surface area contributed by atoms with Crippen molar-refractivity contribution in [2.45, 2.75) is 69.7 Å². The van der Waals surface area contributed by atoms with E-state index >= 15 is 0 Å². The summed E-state index contributed by atoms with van der Waals surface area (Å²) in [6.45, 7) is 1.12. The van der Waals surface area contributed by atoms with E-state index in [-0.39, 0.29) is 0 Å². The highest BCUT2D eigenvalue weighted by Gasteiger charge is 2.23. The monoisotopic (exact) mass is 248 g/mol. The van der Waals surface area contributed by atoms with Gasteiger partial charge in [0.2, 0.25) is 0 Å². The van der Waals surface area contributed by atoms with Crippen molar-refractivity contribution in [2.24, 2.45) is 0 Å². The molecule has 1 aromatic rings. The molecule has 18 heavy (non-hydrogen) atoms. The minimum Gasteiger partial charge on any atom is -0.361 e. The Morgan fingerprint density at radius 1 is 1.00 bits per heavy atom. The molecular formula is C15H24N2O. The maximum Gasteiger partial charge on any atom is 0.140 e. The predicted octanol–water partition coefficient (Wildman–Crippen LogP) is 3.93. The molecule has 0 unspecified atom stereocenters. The van der Waals surface area contributed by atoms with Crippen LogP contribution in [0.3, 0.4) is 0 Å². The standard InChI is InChI=1S/C15H24N2O/c1-2-4-7-12(8-5-3-1)15-11-14(17-18-15)13-9-6-10-16-13/h11-13,16H,1-10H2/t13-/m0/s1. The van der Waals surface area contributed by atoms with Crippen LogP contribution in [0, 0.1) is 0 Å². The van der Waals surface area contributed by atoms with Gasteiger partial charge in [-0.3, -0.25) is 0 Å². The van der Waals surface area contributed by atoms with Crippen molar-refractivity contribution in [1.29, 1.82) is 0 Å². The van der Waals surface area contributed by atoms with Crippen molar-refractivity contribution in [3.05, 3.63) is 17.5 Å². The molecule has 0 bridgehead atoms. The predicted molar refractivity (Wildman–Crippen MR) is 71.5 cm³/mol. The Labute approximate surface area is 109 Å². The zero-order chi connectivity index (χ0) is 12.2. The van der Waals surface area contributed by atoms with Crippen LogP contribution in [0.1, 0.15) is 81.2 Å². The van der Waals surface area contributed by atoms with E-state index in [2.05, 4.69) is 16.5 Å². The van der Waals surface area contributed by atoms with Crippen LogP contribution < -0.4 is 5.32 Å². The van der Waals surface area contributed by atoms with Crippen LogP contribution >= 0.6 is 0 Å². The summed E-state index contributed by atoms with van der Waals surface area (Å²) in [5, 5.41) is 7.78. The molecule has 1 aliphatic carbocycles. The van der Waals surface area contributed by atoms with E-state index in [1.165, 1.54) is 57.8 Å². The summed E-state index contributed by atoms with van der Waals surface area (Å²) < 4.78 is 5.62. The Bertz CT molecular complexity index is 360. The van der Waals surface area contributed by atoms with Gasteiger partial charge in [-0.05, 0) is 32.2 Å². The molecule has 2 aliphatic rings. The summed E-state index contributed by atoms with van der Waals surface area (Å²) in [6, 6.07) is 2.66. The first kappa shape index (κ1) is 12.2. The summed E-state index contributed by atoms with van der Waals surface area (Å²) in [7, 11) is 0. The Kier molecular flexibility index (Phi) is 3.99. The Hall–Kier alpha value is -0.830. The Balaban J connectivity index is 1.66. The fraction of sp³-hybridized carbons (Fsp3) is 0.800. The third kappa shape index (κ3) is 2.77. The Morgan fingerprint density at radius 2 is 1.78 bits per heavy atom. The molecule has 2 fully saturated rings. The lowest BCUT2D eigenvalue weighted by atomic mass is 9.89. The van der Waals surface area contributed by atoms with Gasteiger partial charge >= 0.3 is 0 Å². The second-order valence-corrected chi connectivity index (χ2v) is 5.85. The van der Waals surface area contributed by atoms with Gasteiger partial charge in [-0.15, -0.1) is 0 Å². The van der Waals surface area contributed by atoms with E-state index in [9.17, 15) is 0 Å². The van der Waals surface area contributed by atoms with Crippen molar-refractivity contribution in [1.82, 2.24) is 10.5 Å². The van der Waals surface area contributed by atoms with Gasteiger partial charge in [0, 0.05) is 12.0 Å². The smallest absolute Gasteiger partial charge is 0.140 e. The first-order chi connectivity index (χ1) is 8.93.